The molecule has 4 nitrogen and oxygen atoms in total. The minimum atomic E-state index is -0.122. The van der Waals surface area contributed by atoms with Crippen LogP contribution in [0, 0.1) is 6.92 Å². The zero-order chi connectivity index (χ0) is 15.8. The molecule has 0 aliphatic carbocycles. The Balaban J connectivity index is 2.39. The molecule has 1 N–H and O–H groups in total. The van der Waals surface area contributed by atoms with Crippen LogP contribution < -0.4 is 5.32 Å². The smallest absolute Gasteiger partial charge is 0.241 e. The van der Waals surface area contributed by atoms with E-state index in [4.69, 9.17) is 0 Å². The number of rotatable bonds is 7. The summed E-state index contributed by atoms with van der Waals surface area (Å²) in [6.45, 7) is 7.26. The first-order valence-corrected chi connectivity index (χ1v) is 8.69. The van der Waals surface area contributed by atoms with Crippen molar-refractivity contribution in [3.63, 3.8) is 0 Å². The van der Waals surface area contributed by atoms with Crippen LogP contribution in [0.1, 0.15) is 19.4 Å². The number of hydrogen-bond donors (Lipinski definition) is 1. The van der Waals surface area contributed by atoms with Crippen molar-refractivity contribution in [2.75, 3.05) is 25.4 Å². The van der Waals surface area contributed by atoms with Crippen LogP contribution in [0.4, 0.5) is 0 Å². The highest BCUT2D eigenvalue weighted by Crippen LogP contribution is 2.24. The highest BCUT2D eigenvalue weighted by molar-refractivity contribution is 9.10. The van der Waals surface area contributed by atoms with E-state index in [9.17, 15) is 9.59 Å². The number of benzene rings is 1. The SMILES string of the molecule is CCN(CC)C(=O)CNC(=O)CSc1ccc(Br)cc1C. The molecule has 0 aliphatic heterocycles. The third kappa shape index (κ3) is 6.09. The lowest BCUT2D eigenvalue weighted by molar-refractivity contribution is -0.132. The average molecular weight is 373 g/mol. The van der Waals surface area contributed by atoms with Gasteiger partial charge in [0.05, 0.1) is 12.3 Å². The number of nitrogens with one attached hydrogen (secondary N) is 1. The summed E-state index contributed by atoms with van der Waals surface area (Å²) in [4.78, 5) is 26.3. The van der Waals surface area contributed by atoms with Crippen LogP contribution in [0.3, 0.4) is 0 Å². The maximum absolute atomic E-state index is 11.8. The van der Waals surface area contributed by atoms with Gasteiger partial charge in [0.1, 0.15) is 0 Å². The van der Waals surface area contributed by atoms with Crippen LogP contribution >= 0.6 is 27.7 Å². The topological polar surface area (TPSA) is 49.4 Å². The molecule has 0 atom stereocenters. The molecule has 0 spiro atoms. The molecular formula is C15H21BrN2O2S. The number of likely N-dealkylation sites (N-methyl/N-ethyl adjacent to an activating group) is 1. The van der Waals surface area contributed by atoms with Gasteiger partial charge in [0.2, 0.25) is 11.8 Å². The van der Waals surface area contributed by atoms with Gasteiger partial charge < -0.3 is 10.2 Å². The molecule has 1 rings (SSSR count). The van der Waals surface area contributed by atoms with E-state index in [2.05, 4.69) is 21.2 Å². The van der Waals surface area contributed by atoms with Gasteiger partial charge >= 0.3 is 0 Å². The molecule has 0 saturated carbocycles. The average Bonchev–Trinajstić information content (AvgIpc) is 2.45. The number of thioether (sulfide) groups is 1. The Morgan fingerprint density at radius 2 is 1.95 bits per heavy atom. The summed E-state index contributed by atoms with van der Waals surface area (Å²) in [5.41, 5.74) is 1.13. The Hall–Kier alpha value is -1.01. The highest BCUT2D eigenvalue weighted by atomic mass is 79.9. The molecule has 0 radical (unpaired) electrons. The number of carbonyl (C=O) groups excluding carboxylic acids is 2. The third-order valence-electron chi connectivity index (χ3n) is 3.05. The van der Waals surface area contributed by atoms with Crippen LogP contribution in [0.15, 0.2) is 27.6 Å². The molecule has 0 bridgehead atoms. The van der Waals surface area contributed by atoms with Crippen molar-refractivity contribution in [3.8, 4) is 0 Å². The van der Waals surface area contributed by atoms with E-state index in [1.54, 1.807) is 4.90 Å². The Morgan fingerprint density at radius 1 is 1.29 bits per heavy atom. The van der Waals surface area contributed by atoms with E-state index in [0.29, 0.717) is 18.8 Å². The second kappa shape index (κ2) is 9.10. The normalized spacial score (nSPS) is 10.3. The molecule has 116 valence electrons. The molecule has 6 heteroatoms. The molecule has 0 saturated heterocycles. The minimum absolute atomic E-state index is 0.0434. The summed E-state index contributed by atoms with van der Waals surface area (Å²) in [5.74, 6) is 0.148. The van der Waals surface area contributed by atoms with E-state index in [0.717, 1.165) is 14.9 Å². The number of amides is 2. The van der Waals surface area contributed by atoms with Gasteiger partial charge in [-0.1, -0.05) is 15.9 Å². The Bertz CT molecular complexity index is 504. The predicted octanol–water partition coefficient (Wildman–Crippen LogP) is 2.83. The van der Waals surface area contributed by atoms with Crippen LogP contribution in [-0.4, -0.2) is 42.1 Å². The maximum atomic E-state index is 11.8. The van der Waals surface area contributed by atoms with Crippen LogP contribution in [0.5, 0.6) is 0 Å². The summed E-state index contributed by atoms with van der Waals surface area (Å²) in [7, 11) is 0. The second-order valence-electron chi connectivity index (χ2n) is 4.54. The molecular weight excluding hydrogens is 352 g/mol. The van der Waals surface area contributed by atoms with Gasteiger partial charge in [-0.3, -0.25) is 9.59 Å². The van der Waals surface area contributed by atoms with Gasteiger partial charge in [0.25, 0.3) is 0 Å². The van der Waals surface area contributed by atoms with Crippen molar-refractivity contribution >= 4 is 39.5 Å². The minimum Gasteiger partial charge on any atom is -0.346 e. The molecule has 0 fully saturated rings. The zero-order valence-corrected chi connectivity index (χ0v) is 15.0. The Labute approximate surface area is 138 Å². The fourth-order valence-corrected chi connectivity index (χ4v) is 3.15. The fourth-order valence-electron chi connectivity index (χ4n) is 1.83. The number of halogens is 1. The number of aryl methyl sites for hydroxylation is 1. The monoisotopic (exact) mass is 372 g/mol. The van der Waals surface area contributed by atoms with E-state index < -0.39 is 0 Å². The molecule has 0 aliphatic rings. The lowest BCUT2D eigenvalue weighted by Crippen LogP contribution is -2.40. The second-order valence-corrected chi connectivity index (χ2v) is 6.47. The first kappa shape index (κ1) is 18.0. The van der Waals surface area contributed by atoms with Crippen LogP contribution in [-0.2, 0) is 9.59 Å². The molecule has 21 heavy (non-hydrogen) atoms. The first-order valence-electron chi connectivity index (χ1n) is 6.91. The molecule has 1 aromatic carbocycles. The van der Waals surface area contributed by atoms with Crippen molar-refractivity contribution in [2.45, 2.75) is 25.7 Å². The predicted molar refractivity (Wildman–Crippen MR) is 90.5 cm³/mol. The van der Waals surface area contributed by atoms with Gasteiger partial charge in [-0.2, -0.15) is 0 Å². The number of nitrogens with zero attached hydrogens (tertiary/aromatic N) is 1. The van der Waals surface area contributed by atoms with Crippen molar-refractivity contribution in [1.29, 1.82) is 0 Å². The summed E-state index contributed by atoms with van der Waals surface area (Å²) < 4.78 is 1.03. The molecule has 1 aromatic rings. The number of carbonyl (C=O) groups is 2. The van der Waals surface area contributed by atoms with E-state index in [1.807, 2.05) is 39.0 Å². The highest BCUT2D eigenvalue weighted by Gasteiger charge is 2.11. The van der Waals surface area contributed by atoms with Crippen molar-refractivity contribution in [1.82, 2.24) is 10.2 Å². The zero-order valence-electron chi connectivity index (χ0n) is 12.6. The van der Waals surface area contributed by atoms with Crippen LogP contribution in [0.25, 0.3) is 0 Å². The Kier molecular flexibility index (Phi) is 7.82. The van der Waals surface area contributed by atoms with E-state index >= 15 is 0 Å². The maximum Gasteiger partial charge on any atom is 0.241 e. The van der Waals surface area contributed by atoms with E-state index in [-0.39, 0.29) is 18.4 Å². The van der Waals surface area contributed by atoms with Crippen molar-refractivity contribution in [3.05, 3.63) is 28.2 Å². The Morgan fingerprint density at radius 3 is 2.52 bits per heavy atom. The first-order chi connectivity index (χ1) is 9.97. The summed E-state index contributed by atoms with van der Waals surface area (Å²) in [5, 5.41) is 2.67. The molecule has 2 amide bonds. The third-order valence-corrected chi connectivity index (χ3v) is 4.72. The van der Waals surface area contributed by atoms with Crippen LogP contribution in [0.2, 0.25) is 0 Å². The number of hydrogen-bond acceptors (Lipinski definition) is 3. The fraction of sp³-hybridized carbons (Fsp3) is 0.467. The summed E-state index contributed by atoms with van der Waals surface area (Å²) >= 11 is 4.89. The quantitative estimate of drug-likeness (QED) is 0.748. The van der Waals surface area contributed by atoms with Gasteiger partial charge in [0, 0.05) is 22.5 Å². The van der Waals surface area contributed by atoms with Crippen molar-refractivity contribution in [2.24, 2.45) is 0 Å². The van der Waals surface area contributed by atoms with Gasteiger partial charge in [-0.05, 0) is 44.5 Å². The van der Waals surface area contributed by atoms with E-state index in [1.165, 1.54) is 11.8 Å². The lowest BCUT2D eigenvalue weighted by atomic mass is 10.2. The van der Waals surface area contributed by atoms with Crippen molar-refractivity contribution < 1.29 is 9.59 Å². The summed E-state index contributed by atoms with van der Waals surface area (Å²) in [6, 6.07) is 5.96. The lowest BCUT2D eigenvalue weighted by Gasteiger charge is -2.18. The molecule has 0 aromatic heterocycles. The largest absolute Gasteiger partial charge is 0.346 e. The van der Waals surface area contributed by atoms with Gasteiger partial charge in [-0.15, -0.1) is 11.8 Å². The standard InChI is InChI=1S/C15H21BrN2O2S/c1-4-18(5-2)15(20)9-17-14(19)10-21-13-7-6-12(16)8-11(13)3/h6-8H,4-5,9-10H2,1-3H3,(H,17,19). The molecule has 0 heterocycles. The van der Waals surface area contributed by atoms with Gasteiger partial charge in [-0.25, -0.2) is 0 Å². The summed E-state index contributed by atoms with van der Waals surface area (Å²) in [6.07, 6.45) is 0. The van der Waals surface area contributed by atoms with Gasteiger partial charge in [0.15, 0.2) is 0 Å². The molecule has 0 unspecified atom stereocenters.